The van der Waals surface area contributed by atoms with E-state index in [0.717, 1.165) is 11.1 Å². The minimum atomic E-state index is -5.08. The second-order valence-electron chi connectivity index (χ2n) is 9.17. The normalized spacial score (nSPS) is 10.6. The van der Waals surface area contributed by atoms with Crippen LogP contribution in [0.5, 0.6) is 11.5 Å². The number of halogens is 3. The number of nitrogens with zero attached hydrogens (tertiary/aromatic N) is 2. The van der Waals surface area contributed by atoms with Crippen LogP contribution in [-0.2, 0) is 14.4 Å². The number of carboxylic acids is 1. The molecule has 0 fully saturated rings. The van der Waals surface area contributed by atoms with Crippen LogP contribution < -0.4 is 25.8 Å². The van der Waals surface area contributed by atoms with Gasteiger partial charge in [0.2, 0.25) is 5.95 Å². The number of anilines is 3. The molecule has 0 aliphatic heterocycles. The first-order valence-corrected chi connectivity index (χ1v) is 12.8. The molecule has 4 aromatic rings. The zero-order valence-electron chi connectivity index (χ0n) is 23.5. The van der Waals surface area contributed by atoms with Crippen molar-refractivity contribution in [1.82, 2.24) is 9.97 Å². The van der Waals surface area contributed by atoms with Gasteiger partial charge in [-0.05, 0) is 67.4 Å². The molecule has 11 nitrogen and oxygen atoms in total. The molecule has 1 heterocycles. The number of alkyl halides is 3. The van der Waals surface area contributed by atoms with Crippen molar-refractivity contribution in [3.8, 4) is 22.8 Å². The Hall–Kier alpha value is -5.66. The van der Waals surface area contributed by atoms with Crippen LogP contribution >= 0.6 is 0 Å². The molecule has 0 spiro atoms. The number of aryl methyl sites for hydroxylation is 2. The molecule has 0 saturated carbocycles. The summed E-state index contributed by atoms with van der Waals surface area (Å²) < 4.78 is 42.9. The summed E-state index contributed by atoms with van der Waals surface area (Å²) in [7, 11) is 0. The van der Waals surface area contributed by atoms with Crippen LogP contribution in [0, 0.1) is 13.8 Å². The maximum atomic E-state index is 12.7. The van der Waals surface area contributed by atoms with Gasteiger partial charge in [-0.25, -0.2) is 14.8 Å². The van der Waals surface area contributed by atoms with Gasteiger partial charge in [0.25, 0.3) is 11.8 Å². The van der Waals surface area contributed by atoms with Gasteiger partial charge in [-0.3, -0.25) is 9.59 Å². The number of nitrogens with one attached hydrogen (secondary N) is 2. The van der Waals surface area contributed by atoms with Crippen LogP contribution in [0.2, 0.25) is 0 Å². The largest absolute Gasteiger partial charge is 0.490 e. The highest BCUT2D eigenvalue weighted by Gasteiger charge is 2.38. The lowest BCUT2D eigenvalue weighted by molar-refractivity contribution is -0.192. The van der Waals surface area contributed by atoms with Gasteiger partial charge >= 0.3 is 12.1 Å². The quantitative estimate of drug-likeness (QED) is 0.204. The standard InChI is InChI=1S/C28H27N5O4.C2HF3O2/c1-18-5-3-7-21(13-18)36-16-26(34)31-24-10-9-20(23-11-12-30-28(29)33-23)15-25(24)32-27(35)17-37-22-8-4-6-19(2)14-22;3-2(4,5)1(6)7/h3-15H,16-17H2,1-2H3,(H,31,34)(H,32,35)(H2,29,30,33);(H,6,7). The van der Waals surface area contributed by atoms with E-state index >= 15 is 0 Å². The first kappa shape index (κ1) is 32.8. The molecule has 4 rings (SSSR count). The summed E-state index contributed by atoms with van der Waals surface area (Å²) in [5, 5.41) is 12.7. The average Bonchev–Trinajstić information content (AvgIpc) is 2.96. The zero-order chi connectivity index (χ0) is 32.3. The maximum absolute atomic E-state index is 12.7. The summed E-state index contributed by atoms with van der Waals surface area (Å²) in [6.45, 7) is 3.48. The molecule has 230 valence electrons. The van der Waals surface area contributed by atoms with Crippen LogP contribution in [0.3, 0.4) is 0 Å². The highest BCUT2D eigenvalue weighted by Crippen LogP contribution is 2.29. The number of rotatable bonds is 9. The molecule has 0 aliphatic rings. The van der Waals surface area contributed by atoms with Crippen LogP contribution in [0.15, 0.2) is 79.0 Å². The Morgan fingerprint density at radius 3 is 1.82 bits per heavy atom. The van der Waals surface area contributed by atoms with E-state index in [-0.39, 0.29) is 25.1 Å². The molecule has 0 bridgehead atoms. The molecule has 5 N–H and O–H groups in total. The molecular weight excluding hydrogens is 583 g/mol. The predicted molar refractivity (Wildman–Crippen MR) is 156 cm³/mol. The Morgan fingerprint density at radius 2 is 1.34 bits per heavy atom. The van der Waals surface area contributed by atoms with E-state index in [0.29, 0.717) is 34.1 Å². The first-order valence-electron chi connectivity index (χ1n) is 12.8. The number of aromatic nitrogens is 2. The van der Waals surface area contributed by atoms with E-state index in [1.54, 1.807) is 42.6 Å². The lowest BCUT2D eigenvalue weighted by Crippen LogP contribution is -2.23. The molecule has 0 atom stereocenters. The minimum Gasteiger partial charge on any atom is -0.484 e. The number of nitrogens with two attached hydrogens (primary N) is 1. The zero-order valence-corrected chi connectivity index (χ0v) is 23.5. The summed E-state index contributed by atoms with van der Waals surface area (Å²) in [6, 6.07) is 21.7. The van der Waals surface area contributed by atoms with Crippen LogP contribution in [0.4, 0.5) is 30.5 Å². The number of aliphatic carboxylic acids is 1. The highest BCUT2D eigenvalue weighted by atomic mass is 19.4. The SMILES string of the molecule is Cc1cccc(OCC(=O)Nc2ccc(-c3ccnc(N)n3)cc2NC(=O)COc2cccc(C)c2)c1.O=C(O)C(F)(F)F. The third-order valence-electron chi connectivity index (χ3n) is 5.50. The number of carboxylic acid groups (broad SMARTS) is 1. The summed E-state index contributed by atoms with van der Waals surface area (Å²) in [5.74, 6) is -2.23. The van der Waals surface area contributed by atoms with E-state index in [9.17, 15) is 22.8 Å². The fourth-order valence-electron chi connectivity index (χ4n) is 3.53. The lowest BCUT2D eigenvalue weighted by Gasteiger charge is -2.15. The summed E-state index contributed by atoms with van der Waals surface area (Å²) in [6.07, 6.45) is -3.54. The summed E-state index contributed by atoms with van der Waals surface area (Å²) >= 11 is 0. The fourth-order valence-corrected chi connectivity index (χ4v) is 3.53. The molecule has 3 aromatic carbocycles. The number of hydrogen-bond acceptors (Lipinski definition) is 8. The van der Waals surface area contributed by atoms with Crippen LogP contribution in [-0.4, -0.2) is 52.2 Å². The van der Waals surface area contributed by atoms with Gasteiger partial charge in [0.15, 0.2) is 13.2 Å². The van der Waals surface area contributed by atoms with E-state index in [1.165, 1.54) is 0 Å². The number of ether oxygens (including phenoxy) is 2. The van der Waals surface area contributed by atoms with Crippen molar-refractivity contribution in [2.75, 3.05) is 29.6 Å². The third-order valence-corrected chi connectivity index (χ3v) is 5.50. The molecule has 44 heavy (non-hydrogen) atoms. The van der Waals surface area contributed by atoms with Gasteiger partial charge in [0.1, 0.15) is 11.5 Å². The Bertz CT molecular complexity index is 1630. The Balaban J connectivity index is 0.000000676. The number of nitrogen functional groups attached to an aromatic ring is 1. The van der Waals surface area contributed by atoms with Crippen LogP contribution in [0.25, 0.3) is 11.3 Å². The fraction of sp³-hybridized carbons (Fsp3) is 0.167. The highest BCUT2D eigenvalue weighted by molar-refractivity contribution is 6.01. The molecule has 0 radical (unpaired) electrons. The van der Waals surface area contributed by atoms with Crippen LogP contribution in [0.1, 0.15) is 11.1 Å². The van der Waals surface area contributed by atoms with Crippen molar-refractivity contribution in [2.45, 2.75) is 20.0 Å². The van der Waals surface area contributed by atoms with Gasteiger partial charge in [0, 0.05) is 11.8 Å². The first-order chi connectivity index (χ1) is 20.8. The Morgan fingerprint density at radius 1 is 0.818 bits per heavy atom. The summed E-state index contributed by atoms with van der Waals surface area (Å²) in [4.78, 5) is 42.4. The maximum Gasteiger partial charge on any atom is 0.490 e. The van der Waals surface area contributed by atoms with E-state index < -0.39 is 18.1 Å². The van der Waals surface area contributed by atoms with Gasteiger partial charge in [-0.15, -0.1) is 0 Å². The molecule has 0 saturated heterocycles. The van der Waals surface area contributed by atoms with Crippen molar-refractivity contribution in [1.29, 1.82) is 0 Å². The second-order valence-corrected chi connectivity index (χ2v) is 9.17. The average molecular weight is 612 g/mol. The molecular formula is C30H28F3N5O6. The van der Waals surface area contributed by atoms with Crippen molar-refractivity contribution in [2.24, 2.45) is 0 Å². The number of carbonyl (C=O) groups is 3. The number of benzene rings is 3. The number of hydrogen-bond donors (Lipinski definition) is 4. The third kappa shape index (κ3) is 10.6. The van der Waals surface area contributed by atoms with Crippen molar-refractivity contribution >= 4 is 35.1 Å². The van der Waals surface area contributed by atoms with Crippen molar-refractivity contribution < 1.29 is 42.1 Å². The Labute approximate surface area is 249 Å². The lowest BCUT2D eigenvalue weighted by atomic mass is 10.1. The smallest absolute Gasteiger partial charge is 0.484 e. The van der Waals surface area contributed by atoms with Gasteiger partial charge < -0.3 is 30.9 Å². The monoisotopic (exact) mass is 611 g/mol. The minimum absolute atomic E-state index is 0.125. The molecule has 0 aliphatic carbocycles. The van der Waals surface area contributed by atoms with E-state index in [1.807, 2.05) is 50.2 Å². The van der Waals surface area contributed by atoms with Gasteiger partial charge in [-0.2, -0.15) is 13.2 Å². The van der Waals surface area contributed by atoms with E-state index in [4.69, 9.17) is 25.1 Å². The molecule has 14 heteroatoms. The van der Waals surface area contributed by atoms with Crippen molar-refractivity contribution in [3.63, 3.8) is 0 Å². The van der Waals surface area contributed by atoms with Gasteiger partial charge in [0.05, 0.1) is 17.1 Å². The molecule has 2 amide bonds. The van der Waals surface area contributed by atoms with Crippen molar-refractivity contribution in [3.05, 3.63) is 90.1 Å². The van der Waals surface area contributed by atoms with Gasteiger partial charge in [-0.1, -0.05) is 30.3 Å². The predicted octanol–water partition coefficient (Wildman–Crippen LogP) is 5.01. The second kappa shape index (κ2) is 15.0. The molecule has 0 unspecified atom stereocenters. The molecule has 1 aromatic heterocycles. The van der Waals surface area contributed by atoms with E-state index in [2.05, 4.69) is 20.6 Å². The number of carbonyl (C=O) groups excluding carboxylic acids is 2. The topological polar surface area (TPSA) is 166 Å². The Kier molecular flexibility index (Phi) is 11.2. The summed E-state index contributed by atoms with van der Waals surface area (Å²) in [5.41, 5.74) is 9.79. The number of amides is 2.